The van der Waals surface area contributed by atoms with Crippen LogP contribution in [0.4, 0.5) is 5.69 Å². The molecule has 1 saturated carbocycles. The number of rotatable bonds is 3. The number of anilines is 1. The molecule has 1 fully saturated rings. The molecule has 0 aliphatic heterocycles. The van der Waals surface area contributed by atoms with Crippen LogP contribution in [0.2, 0.25) is 0 Å². The highest BCUT2D eigenvalue weighted by atomic mass is 79.9. The van der Waals surface area contributed by atoms with Crippen molar-refractivity contribution in [3.05, 3.63) is 34.9 Å². The van der Waals surface area contributed by atoms with Crippen LogP contribution in [0.15, 0.2) is 34.9 Å². The highest BCUT2D eigenvalue weighted by Crippen LogP contribution is 2.29. The van der Waals surface area contributed by atoms with Gasteiger partial charge < -0.3 is 10.1 Å². The van der Waals surface area contributed by atoms with Crippen molar-refractivity contribution in [1.82, 2.24) is 4.98 Å². The predicted octanol–water partition coefficient (Wildman–Crippen LogP) is 3.98. The lowest BCUT2D eigenvalue weighted by Crippen LogP contribution is -2.17. The SMILES string of the molecule is CO[C@H]1CC[C@H](Nc2ccnc3ccc(Br)cc23)C1. The van der Waals surface area contributed by atoms with Crippen molar-refractivity contribution in [3.8, 4) is 0 Å². The third kappa shape index (κ3) is 2.74. The van der Waals surface area contributed by atoms with Crippen molar-refractivity contribution in [2.75, 3.05) is 12.4 Å². The van der Waals surface area contributed by atoms with Gasteiger partial charge in [0.15, 0.2) is 0 Å². The molecule has 0 unspecified atom stereocenters. The fourth-order valence-electron chi connectivity index (χ4n) is 2.75. The maximum absolute atomic E-state index is 5.43. The van der Waals surface area contributed by atoms with Gasteiger partial charge in [0.05, 0.1) is 11.6 Å². The summed E-state index contributed by atoms with van der Waals surface area (Å²) in [6.07, 6.45) is 5.64. The zero-order valence-corrected chi connectivity index (χ0v) is 12.5. The molecule has 0 radical (unpaired) electrons. The molecule has 19 heavy (non-hydrogen) atoms. The molecule has 0 spiro atoms. The van der Waals surface area contributed by atoms with E-state index in [1.54, 1.807) is 7.11 Å². The normalized spacial score (nSPS) is 22.8. The van der Waals surface area contributed by atoms with Gasteiger partial charge in [0.1, 0.15) is 0 Å². The van der Waals surface area contributed by atoms with Gasteiger partial charge in [-0.1, -0.05) is 15.9 Å². The van der Waals surface area contributed by atoms with Crippen LogP contribution in [0, 0.1) is 0 Å². The summed E-state index contributed by atoms with van der Waals surface area (Å²) in [4.78, 5) is 4.40. The van der Waals surface area contributed by atoms with Crippen molar-refractivity contribution in [2.45, 2.75) is 31.4 Å². The van der Waals surface area contributed by atoms with Gasteiger partial charge in [-0.3, -0.25) is 4.98 Å². The summed E-state index contributed by atoms with van der Waals surface area (Å²) in [7, 11) is 1.80. The largest absolute Gasteiger partial charge is 0.382 e. The second kappa shape index (κ2) is 5.47. The minimum absolute atomic E-state index is 0.400. The number of hydrogen-bond acceptors (Lipinski definition) is 3. The summed E-state index contributed by atoms with van der Waals surface area (Å²) in [6, 6.07) is 8.73. The molecular weight excluding hydrogens is 304 g/mol. The fourth-order valence-corrected chi connectivity index (χ4v) is 3.11. The van der Waals surface area contributed by atoms with Crippen molar-refractivity contribution in [2.24, 2.45) is 0 Å². The first kappa shape index (κ1) is 12.9. The Labute approximate surface area is 121 Å². The van der Waals surface area contributed by atoms with Crippen LogP contribution in [0.25, 0.3) is 10.9 Å². The minimum atomic E-state index is 0.400. The van der Waals surface area contributed by atoms with Gasteiger partial charge in [-0.05, 0) is 43.5 Å². The van der Waals surface area contributed by atoms with Crippen LogP contribution in [0.1, 0.15) is 19.3 Å². The van der Waals surface area contributed by atoms with Crippen LogP contribution < -0.4 is 5.32 Å². The lowest BCUT2D eigenvalue weighted by molar-refractivity contribution is 0.108. The fraction of sp³-hybridized carbons (Fsp3) is 0.400. The molecule has 0 amide bonds. The Morgan fingerprint density at radius 2 is 2.21 bits per heavy atom. The van der Waals surface area contributed by atoms with Gasteiger partial charge in [-0.2, -0.15) is 0 Å². The van der Waals surface area contributed by atoms with Gasteiger partial charge in [0, 0.05) is 34.9 Å². The molecular formula is C15H17BrN2O. The van der Waals surface area contributed by atoms with E-state index in [0.29, 0.717) is 12.1 Å². The number of halogens is 1. The highest BCUT2D eigenvalue weighted by molar-refractivity contribution is 9.10. The number of methoxy groups -OCH3 is 1. The predicted molar refractivity (Wildman–Crippen MR) is 81.5 cm³/mol. The van der Waals surface area contributed by atoms with E-state index < -0.39 is 0 Å². The minimum Gasteiger partial charge on any atom is -0.382 e. The molecule has 3 rings (SSSR count). The molecule has 1 N–H and O–H groups in total. The molecule has 1 aliphatic rings. The van der Waals surface area contributed by atoms with E-state index >= 15 is 0 Å². The Bertz CT molecular complexity index is 587. The van der Waals surface area contributed by atoms with E-state index in [-0.39, 0.29) is 0 Å². The average Bonchev–Trinajstić information content (AvgIpc) is 2.87. The molecule has 2 atom stereocenters. The van der Waals surface area contributed by atoms with Crippen LogP contribution in [0.5, 0.6) is 0 Å². The molecule has 1 heterocycles. The van der Waals surface area contributed by atoms with Crippen molar-refractivity contribution < 1.29 is 4.74 Å². The van der Waals surface area contributed by atoms with Crippen LogP contribution in [-0.2, 0) is 4.74 Å². The van der Waals surface area contributed by atoms with E-state index in [1.807, 2.05) is 18.3 Å². The number of pyridine rings is 1. The summed E-state index contributed by atoms with van der Waals surface area (Å²) in [6.45, 7) is 0. The molecule has 3 nitrogen and oxygen atoms in total. The van der Waals surface area contributed by atoms with Crippen LogP contribution >= 0.6 is 15.9 Å². The second-order valence-corrected chi connectivity index (χ2v) is 5.95. The van der Waals surface area contributed by atoms with Gasteiger partial charge >= 0.3 is 0 Å². The first-order chi connectivity index (χ1) is 9.26. The van der Waals surface area contributed by atoms with Crippen molar-refractivity contribution >= 4 is 32.5 Å². The third-order valence-corrected chi connectivity index (χ3v) is 4.27. The smallest absolute Gasteiger partial charge is 0.0723 e. The quantitative estimate of drug-likeness (QED) is 0.928. The van der Waals surface area contributed by atoms with E-state index in [1.165, 1.54) is 0 Å². The van der Waals surface area contributed by atoms with E-state index in [0.717, 1.165) is 40.3 Å². The Balaban J connectivity index is 1.86. The van der Waals surface area contributed by atoms with Gasteiger partial charge in [-0.15, -0.1) is 0 Å². The summed E-state index contributed by atoms with van der Waals surface area (Å²) in [5.74, 6) is 0. The van der Waals surface area contributed by atoms with Crippen molar-refractivity contribution in [3.63, 3.8) is 0 Å². The first-order valence-electron chi connectivity index (χ1n) is 6.60. The molecule has 1 aliphatic carbocycles. The lowest BCUT2D eigenvalue weighted by Gasteiger charge is -2.16. The first-order valence-corrected chi connectivity index (χ1v) is 7.39. The molecule has 100 valence electrons. The molecule has 1 aromatic carbocycles. The van der Waals surface area contributed by atoms with Gasteiger partial charge in [0.25, 0.3) is 0 Å². The zero-order chi connectivity index (χ0) is 13.2. The van der Waals surface area contributed by atoms with Gasteiger partial charge in [0.2, 0.25) is 0 Å². The number of nitrogens with one attached hydrogen (secondary N) is 1. The van der Waals surface area contributed by atoms with Crippen LogP contribution in [0.3, 0.4) is 0 Å². The van der Waals surface area contributed by atoms with Crippen molar-refractivity contribution in [1.29, 1.82) is 0 Å². The summed E-state index contributed by atoms with van der Waals surface area (Å²) >= 11 is 3.52. The molecule has 0 bridgehead atoms. The summed E-state index contributed by atoms with van der Waals surface area (Å²) in [5, 5.41) is 4.80. The lowest BCUT2D eigenvalue weighted by atomic mass is 10.1. The molecule has 4 heteroatoms. The van der Waals surface area contributed by atoms with E-state index in [9.17, 15) is 0 Å². The number of nitrogens with zero attached hydrogens (tertiary/aromatic N) is 1. The Kier molecular flexibility index (Phi) is 3.71. The average molecular weight is 321 g/mol. The summed E-state index contributed by atoms with van der Waals surface area (Å²) in [5.41, 5.74) is 2.18. The van der Waals surface area contributed by atoms with Crippen LogP contribution in [-0.4, -0.2) is 24.2 Å². The molecule has 1 aromatic heterocycles. The van der Waals surface area contributed by atoms with E-state index in [2.05, 4.69) is 38.4 Å². The zero-order valence-electron chi connectivity index (χ0n) is 10.9. The third-order valence-electron chi connectivity index (χ3n) is 3.78. The number of fused-ring (bicyclic) bond motifs is 1. The topological polar surface area (TPSA) is 34.1 Å². The Hall–Kier alpha value is -1.13. The Morgan fingerprint density at radius 1 is 1.32 bits per heavy atom. The van der Waals surface area contributed by atoms with E-state index in [4.69, 9.17) is 4.74 Å². The molecule has 2 aromatic rings. The number of hydrogen-bond donors (Lipinski definition) is 1. The molecule has 0 saturated heterocycles. The maximum Gasteiger partial charge on any atom is 0.0723 e. The standard InChI is InChI=1S/C15H17BrN2O/c1-19-12-4-3-11(9-12)18-15-6-7-17-14-5-2-10(16)8-13(14)15/h2,5-8,11-12H,3-4,9H2,1H3,(H,17,18)/t11-,12-/m0/s1. The Morgan fingerprint density at radius 3 is 3.00 bits per heavy atom. The number of benzene rings is 1. The number of aromatic nitrogens is 1. The second-order valence-electron chi connectivity index (χ2n) is 5.03. The maximum atomic E-state index is 5.43. The number of ether oxygens (including phenoxy) is 1. The highest BCUT2D eigenvalue weighted by Gasteiger charge is 2.24. The summed E-state index contributed by atoms with van der Waals surface area (Å²) < 4.78 is 6.51. The monoisotopic (exact) mass is 320 g/mol. The van der Waals surface area contributed by atoms with Gasteiger partial charge in [-0.25, -0.2) is 0 Å².